The lowest BCUT2D eigenvalue weighted by molar-refractivity contribution is 1.10. The van der Waals surface area contributed by atoms with Crippen LogP contribution in [0.15, 0.2) is 46.9 Å². The molecule has 3 N–H and O–H groups in total. The molecule has 0 aliphatic heterocycles. The molecule has 0 aliphatic rings. The molecule has 1 aromatic heterocycles. The van der Waals surface area contributed by atoms with Crippen molar-refractivity contribution in [1.29, 1.82) is 0 Å². The Balaban J connectivity index is 2.22. The molecule has 4 heteroatoms. The normalized spacial score (nSPS) is 10.8. The first-order chi connectivity index (χ1) is 10.1. The van der Waals surface area contributed by atoms with Gasteiger partial charge >= 0.3 is 0 Å². The molecule has 3 aromatic rings. The van der Waals surface area contributed by atoms with E-state index in [1.165, 1.54) is 5.56 Å². The number of anilines is 1. The topological polar surface area (TPSA) is 54.7 Å². The van der Waals surface area contributed by atoms with E-state index in [1.807, 2.05) is 12.1 Å². The Morgan fingerprint density at radius 2 is 1.76 bits per heavy atom. The van der Waals surface area contributed by atoms with Crippen LogP contribution >= 0.6 is 15.9 Å². The molecular formula is C17H16BrN3. The fourth-order valence-corrected chi connectivity index (χ4v) is 2.81. The van der Waals surface area contributed by atoms with Gasteiger partial charge in [-0.15, -0.1) is 0 Å². The number of benzene rings is 2. The molecule has 3 nitrogen and oxygen atoms in total. The van der Waals surface area contributed by atoms with Crippen molar-refractivity contribution in [3.63, 3.8) is 0 Å². The van der Waals surface area contributed by atoms with Gasteiger partial charge in [0, 0.05) is 10.0 Å². The number of nitrogens with one attached hydrogen (secondary N) is 1. The van der Waals surface area contributed by atoms with Gasteiger partial charge in [-0.2, -0.15) is 5.10 Å². The molecule has 3 rings (SSSR count). The summed E-state index contributed by atoms with van der Waals surface area (Å²) >= 11 is 3.57. The van der Waals surface area contributed by atoms with Gasteiger partial charge in [-0.3, -0.25) is 5.10 Å². The van der Waals surface area contributed by atoms with Crippen molar-refractivity contribution < 1.29 is 0 Å². The van der Waals surface area contributed by atoms with Crippen LogP contribution in [0.25, 0.3) is 22.4 Å². The molecule has 0 unspecified atom stereocenters. The van der Waals surface area contributed by atoms with E-state index in [9.17, 15) is 0 Å². The van der Waals surface area contributed by atoms with E-state index in [2.05, 4.69) is 70.3 Å². The second kappa shape index (κ2) is 5.37. The Hall–Kier alpha value is -2.07. The molecule has 0 saturated carbocycles. The zero-order valence-electron chi connectivity index (χ0n) is 11.9. The number of nitrogen functional groups attached to an aromatic ring is 1. The van der Waals surface area contributed by atoms with Crippen molar-refractivity contribution in [3.05, 3.63) is 58.1 Å². The van der Waals surface area contributed by atoms with Crippen LogP contribution in [0.4, 0.5) is 5.82 Å². The van der Waals surface area contributed by atoms with Crippen molar-refractivity contribution in [2.75, 3.05) is 5.73 Å². The quantitative estimate of drug-likeness (QED) is 0.709. The largest absolute Gasteiger partial charge is 0.382 e. The molecule has 0 atom stereocenters. The first-order valence-electron chi connectivity index (χ1n) is 6.74. The van der Waals surface area contributed by atoms with Crippen LogP contribution < -0.4 is 5.73 Å². The molecule has 1 heterocycles. The highest BCUT2D eigenvalue weighted by Gasteiger charge is 2.16. The maximum atomic E-state index is 6.08. The van der Waals surface area contributed by atoms with Gasteiger partial charge in [0.15, 0.2) is 5.82 Å². The molecule has 0 fully saturated rings. The van der Waals surface area contributed by atoms with Crippen molar-refractivity contribution >= 4 is 21.7 Å². The third-order valence-corrected chi connectivity index (χ3v) is 4.53. The van der Waals surface area contributed by atoms with E-state index in [1.54, 1.807) is 0 Å². The Kier molecular flexibility index (Phi) is 3.55. The lowest BCUT2D eigenvalue weighted by Gasteiger charge is -2.09. The smallest absolute Gasteiger partial charge is 0.153 e. The van der Waals surface area contributed by atoms with Crippen molar-refractivity contribution in [2.45, 2.75) is 13.8 Å². The van der Waals surface area contributed by atoms with Gasteiger partial charge < -0.3 is 5.73 Å². The monoisotopic (exact) mass is 341 g/mol. The Morgan fingerprint density at radius 3 is 2.48 bits per heavy atom. The lowest BCUT2D eigenvalue weighted by Crippen LogP contribution is -1.90. The van der Waals surface area contributed by atoms with Crippen LogP contribution in [0.1, 0.15) is 11.1 Å². The van der Waals surface area contributed by atoms with Crippen LogP contribution in [0.2, 0.25) is 0 Å². The average molecular weight is 342 g/mol. The first kappa shape index (κ1) is 13.9. The average Bonchev–Trinajstić information content (AvgIpc) is 2.85. The maximum Gasteiger partial charge on any atom is 0.153 e. The van der Waals surface area contributed by atoms with E-state index in [0.717, 1.165) is 32.4 Å². The minimum Gasteiger partial charge on any atom is -0.382 e. The molecule has 0 radical (unpaired) electrons. The highest BCUT2D eigenvalue weighted by Crippen LogP contribution is 2.37. The molecule has 0 bridgehead atoms. The third kappa shape index (κ3) is 2.47. The van der Waals surface area contributed by atoms with Crippen molar-refractivity contribution in [3.8, 4) is 22.4 Å². The minimum atomic E-state index is 0.522. The summed E-state index contributed by atoms with van der Waals surface area (Å²) < 4.78 is 1.07. The zero-order valence-corrected chi connectivity index (χ0v) is 13.5. The molecule has 0 saturated heterocycles. The number of aromatic nitrogens is 2. The molecule has 0 spiro atoms. The predicted molar refractivity (Wildman–Crippen MR) is 91.0 cm³/mol. The summed E-state index contributed by atoms with van der Waals surface area (Å²) in [5.74, 6) is 0.522. The van der Waals surface area contributed by atoms with Crippen molar-refractivity contribution in [2.24, 2.45) is 0 Å². The highest BCUT2D eigenvalue weighted by molar-refractivity contribution is 9.10. The summed E-state index contributed by atoms with van der Waals surface area (Å²) in [6, 6.07) is 14.4. The Bertz CT molecular complexity index is 788. The second-order valence-corrected chi connectivity index (χ2v) is 5.99. The second-order valence-electron chi connectivity index (χ2n) is 5.14. The standard InChI is InChI=1S/C17H16BrN3/c1-10-6-8-12(9-7-10)15-16(20-21-17(15)19)13-4-3-5-14(18)11(13)2/h3-9H,1-2H3,(H3,19,20,21). The molecular weight excluding hydrogens is 326 g/mol. The molecule has 0 aliphatic carbocycles. The van der Waals surface area contributed by atoms with E-state index >= 15 is 0 Å². The van der Waals surface area contributed by atoms with E-state index < -0.39 is 0 Å². The van der Waals surface area contributed by atoms with Crippen LogP contribution in [0.5, 0.6) is 0 Å². The number of halogens is 1. The van der Waals surface area contributed by atoms with Gasteiger partial charge in [0.05, 0.1) is 11.3 Å². The Labute approximate surface area is 132 Å². The van der Waals surface area contributed by atoms with Crippen LogP contribution in [0.3, 0.4) is 0 Å². The van der Waals surface area contributed by atoms with Gasteiger partial charge in [-0.05, 0) is 31.0 Å². The van der Waals surface area contributed by atoms with Gasteiger partial charge in [-0.25, -0.2) is 0 Å². The van der Waals surface area contributed by atoms with Crippen molar-refractivity contribution in [1.82, 2.24) is 10.2 Å². The van der Waals surface area contributed by atoms with E-state index in [0.29, 0.717) is 5.82 Å². The number of nitrogens with two attached hydrogens (primary N) is 1. The van der Waals surface area contributed by atoms with Crippen LogP contribution in [-0.4, -0.2) is 10.2 Å². The highest BCUT2D eigenvalue weighted by atomic mass is 79.9. The third-order valence-electron chi connectivity index (χ3n) is 3.67. The number of hydrogen-bond donors (Lipinski definition) is 2. The number of H-pyrrole nitrogens is 1. The number of rotatable bonds is 2. The summed E-state index contributed by atoms with van der Waals surface area (Å²) in [7, 11) is 0. The summed E-state index contributed by atoms with van der Waals surface area (Å²) in [5.41, 5.74) is 12.5. The minimum absolute atomic E-state index is 0.522. The van der Waals surface area contributed by atoms with E-state index in [-0.39, 0.29) is 0 Å². The molecule has 0 amide bonds. The first-order valence-corrected chi connectivity index (χ1v) is 7.53. The van der Waals surface area contributed by atoms with Gasteiger partial charge in [-0.1, -0.05) is 57.9 Å². The summed E-state index contributed by atoms with van der Waals surface area (Å²) in [4.78, 5) is 0. The number of hydrogen-bond acceptors (Lipinski definition) is 2. The molecule has 2 aromatic carbocycles. The van der Waals surface area contributed by atoms with E-state index in [4.69, 9.17) is 5.73 Å². The van der Waals surface area contributed by atoms with Crippen LogP contribution in [0, 0.1) is 13.8 Å². The lowest BCUT2D eigenvalue weighted by atomic mass is 9.97. The zero-order chi connectivity index (χ0) is 15.0. The molecule has 21 heavy (non-hydrogen) atoms. The summed E-state index contributed by atoms with van der Waals surface area (Å²) in [6.07, 6.45) is 0. The molecule has 106 valence electrons. The van der Waals surface area contributed by atoms with Gasteiger partial charge in [0.2, 0.25) is 0 Å². The summed E-state index contributed by atoms with van der Waals surface area (Å²) in [5, 5.41) is 7.28. The summed E-state index contributed by atoms with van der Waals surface area (Å²) in [6.45, 7) is 4.15. The fourth-order valence-electron chi connectivity index (χ4n) is 2.44. The fraction of sp³-hybridized carbons (Fsp3) is 0.118. The maximum absolute atomic E-state index is 6.08. The van der Waals surface area contributed by atoms with Gasteiger partial charge in [0.25, 0.3) is 0 Å². The Morgan fingerprint density at radius 1 is 1.05 bits per heavy atom. The van der Waals surface area contributed by atoms with Crippen LogP contribution in [-0.2, 0) is 0 Å². The number of aryl methyl sites for hydroxylation is 1. The number of nitrogens with zero attached hydrogens (tertiary/aromatic N) is 1. The van der Waals surface area contributed by atoms with Gasteiger partial charge in [0.1, 0.15) is 0 Å². The predicted octanol–water partition coefficient (Wildman–Crippen LogP) is 4.71. The number of aromatic amines is 1. The SMILES string of the molecule is Cc1ccc(-c2c(N)n[nH]c2-c2cccc(Br)c2C)cc1.